The third kappa shape index (κ3) is 4.44. The summed E-state index contributed by atoms with van der Waals surface area (Å²) in [6.07, 6.45) is 0. The van der Waals surface area contributed by atoms with E-state index in [4.69, 9.17) is 4.74 Å². The van der Waals surface area contributed by atoms with Crippen LogP contribution in [-0.4, -0.2) is 46.1 Å². The minimum atomic E-state index is -3.54. The van der Waals surface area contributed by atoms with Crippen molar-refractivity contribution in [3.63, 3.8) is 0 Å². The van der Waals surface area contributed by atoms with Gasteiger partial charge < -0.3 is 9.64 Å². The van der Waals surface area contributed by atoms with Gasteiger partial charge in [-0.15, -0.1) is 0 Å². The quantitative estimate of drug-likeness (QED) is 0.834. The van der Waals surface area contributed by atoms with Crippen LogP contribution in [-0.2, 0) is 10.0 Å². The van der Waals surface area contributed by atoms with Gasteiger partial charge in [0.15, 0.2) is 0 Å². The highest BCUT2D eigenvalue weighted by Crippen LogP contribution is 2.26. The fourth-order valence-electron chi connectivity index (χ4n) is 1.87. The molecule has 1 N–H and O–H groups in total. The summed E-state index contributed by atoms with van der Waals surface area (Å²) in [6, 6.07) is 3.45. The van der Waals surface area contributed by atoms with Gasteiger partial charge in [0.25, 0.3) is 0 Å². The first-order valence-corrected chi connectivity index (χ1v) is 8.90. The predicted molar refractivity (Wildman–Crippen MR) is 90.0 cm³/mol. The van der Waals surface area contributed by atoms with Crippen LogP contribution in [0.25, 0.3) is 0 Å². The van der Waals surface area contributed by atoms with Gasteiger partial charge in [0.1, 0.15) is 5.75 Å². The Balaban J connectivity index is 3.06. The predicted octanol–water partition coefficient (Wildman–Crippen LogP) is 2.32. The molecule has 0 saturated heterocycles. The van der Waals surface area contributed by atoms with Gasteiger partial charge in [0, 0.05) is 12.1 Å². The second-order valence-electron chi connectivity index (χ2n) is 6.35. The van der Waals surface area contributed by atoms with E-state index in [1.54, 1.807) is 19.1 Å². The molecule has 0 aliphatic rings. The molecule has 5 nitrogen and oxygen atoms in total. The van der Waals surface area contributed by atoms with E-state index in [-0.39, 0.29) is 5.54 Å². The molecule has 0 aliphatic heterocycles. The third-order valence-electron chi connectivity index (χ3n) is 3.97. The summed E-state index contributed by atoms with van der Waals surface area (Å²) in [6.45, 7) is 10.4. The standard InChI is InChI=1S/C16H28N2O3S/c1-8-21-14-9-13(3)15(10-12(14)2)22(19,20)17-11-16(4,5)18(6)7/h9-10,17H,8,11H2,1-7H3. The lowest BCUT2D eigenvalue weighted by atomic mass is 10.1. The number of benzene rings is 1. The van der Waals surface area contributed by atoms with Crippen LogP contribution in [0.2, 0.25) is 0 Å². The van der Waals surface area contributed by atoms with Gasteiger partial charge in [-0.05, 0) is 72.0 Å². The van der Waals surface area contributed by atoms with Crippen molar-refractivity contribution in [3.8, 4) is 5.75 Å². The number of ether oxygens (including phenoxy) is 1. The second-order valence-corrected chi connectivity index (χ2v) is 8.08. The molecule has 0 aliphatic carbocycles. The molecule has 0 aromatic heterocycles. The Kier molecular flexibility index (Phi) is 6.01. The molecule has 0 bridgehead atoms. The summed E-state index contributed by atoms with van der Waals surface area (Å²) < 4.78 is 33.4. The van der Waals surface area contributed by atoms with Gasteiger partial charge in [-0.3, -0.25) is 0 Å². The van der Waals surface area contributed by atoms with Crippen LogP contribution in [0, 0.1) is 13.8 Å². The number of nitrogens with zero attached hydrogens (tertiary/aromatic N) is 1. The Morgan fingerprint density at radius 3 is 2.27 bits per heavy atom. The van der Waals surface area contributed by atoms with Crippen molar-refractivity contribution in [2.75, 3.05) is 27.2 Å². The molecule has 6 heteroatoms. The number of likely N-dealkylation sites (N-methyl/N-ethyl adjacent to an activating group) is 1. The Labute approximate surface area is 134 Å². The zero-order chi connectivity index (χ0) is 17.1. The van der Waals surface area contributed by atoms with Gasteiger partial charge in [-0.25, -0.2) is 13.1 Å². The Hall–Kier alpha value is -1.11. The molecule has 1 aromatic rings. The minimum absolute atomic E-state index is 0.263. The molecule has 22 heavy (non-hydrogen) atoms. The molecular weight excluding hydrogens is 300 g/mol. The van der Waals surface area contributed by atoms with Crippen molar-refractivity contribution in [2.45, 2.75) is 45.1 Å². The first kappa shape index (κ1) is 18.9. The van der Waals surface area contributed by atoms with Crippen LogP contribution in [0.3, 0.4) is 0 Å². The minimum Gasteiger partial charge on any atom is -0.494 e. The fourth-order valence-corrected chi connectivity index (χ4v) is 3.38. The van der Waals surface area contributed by atoms with Crippen molar-refractivity contribution in [2.24, 2.45) is 0 Å². The van der Waals surface area contributed by atoms with Crippen molar-refractivity contribution in [3.05, 3.63) is 23.3 Å². The van der Waals surface area contributed by atoms with Crippen LogP contribution < -0.4 is 9.46 Å². The van der Waals surface area contributed by atoms with E-state index in [0.29, 0.717) is 23.6 Å². The molecule has 0 spiro atoms. The summed E-state index contributed by atoms with van der Waals surface area (Å²) in [5.74, 6) is 0.729. The molecule has 0 saturated carbocycles. The van der Waals surface area contributed by atoms with E-state index in [9.17, 15) is 8.42 Å². The maximum atomic E-state index is 12.6. The maximum absolute atomic E-state index is 12.6. The van der Waals surface area contributed by atoms with Crippen molar-refractivity contribution in [1.29, 1.82) is 0 Å². The van der Waals surface area contributed by atoms with E-state index >= 15 is 0 Å². The first-order valence-electron chi connectivity index (χ1n) is 7.42. The first-order chi connectivity index (χ1) is 10.0. The van der Waals surface area contributed by atoms with E-state index in [2.05, 4.69) is 4.72 Å². The van der Waals surface area contributed by atoms with Crippen LogP contribution in [0.4, 0.5) is 0 Å². The summed E-state index contributed by atoms with van der Waals surface area (Å²) in [7, 11) is 0.318. The zero-order valence-corrected chi connectivity index (χ0v) is 15.5. The monoisotopic (exact) mass is 328 g/mol. The Bertz CT molecular complexity index is 623. The molecular formula is C16H28N2O3S. The molecule has 0 heterocycles. The number of sulfonamides is 1. The van der Waals surface area contributed by atoms with Crippen molar-refractivity contribution >= 4 is 10.0 Å². The van der Waals surface area contributed by atoms with E-state index in [1.165, 1.54) is 0 Å². The van der Waals surface area contributed by atoms with Gasteiger partial charge in [0.05, 0.1) is 11.5 Å². The summed E-state index contributed by atoms with van der Waals surface area (Å²) >= 11 is 0. The van der Waals surface area contributed by atoms with E-state index in [1.807, 2.05) is 46.7 Å². The Morgan fingerprint density at radius 1 is 1.18 bits per heavy atom. The SMILES string of the molecule is CCOc1cc(C)c(S(=O)(=O)NCC(C)(C)N(C)C)cc1C. The molecule has 0 atom stereocenters. The largest absolute Gasteiger partial charge is 0.494 e. The van der Waals surface area contributed by atoms with Gasteiger partial charge in [-0.1, -0.05) is 0 Å². The number of aryl methyl sites for hydroxylation is 2. The second kappa shape index (κ2) is 6.98. The van der Waals surface area contributed by atoms with Crippen molar-refractivity contribution in [1.82, 2.24) is 9.62 Å². The molecule has 0 fully saturated rings. The molecule has 1 aromatic carbocycles. The smallest absolute Gasteiger partial charge is 0.240 e. The summed E-state index contributed by atoms with van der Waals surface area (Å²) in [5.41, 5.74) is 1.24. The number of hydrogen-bond acceptors (Lipinski definition) is 4. The average molecular weight is 328 g/mol. The van der Waals surface area contributed by atoms with Gasteiger partial charge in [0.2, 0.25) is 10.0 Å². The molecule has 0 unspecified atom stereocenters. The van der Waals surface area contributed by atoms with Crippen LogP contribution in [0.15, 0.2) is 17.0 Å². The highest BCUT2D eigenvalue weighted by atomic mass is 32.2. The van der Waals surface area contributed by atoms with Gasteiger partial charge in [-0.2, -0.15) is 0 Å². The average Bonchev–Trinajstić information content (AvgIpc) is 2.40. The number of hydrogen-bond donors (Lipinski definition) is 1. The van der Waals surface area contributed by atoms with Crippen LogP contribution in [0.5, 0.6) is 5.75 Å². The summed E-state index contributed by atoms with van der Waals surface area (Å²) in [5, 5.41) is 0. The zero-order valence-electron chi connectivity index (χ0n) is 14.6. The number of nitrogens with one attached hydrogen (secondary N) is 1. The lowest BCUT2D eigenvalue weighted by Gasteiger charge is -2.32. The van der Waals surface area contributed by atoms with E-state index < -0.39 is 10.0 Å². The summed E-state index contributed by atoms with van der Waals surface area (Å²) in [4.78, 5) is 2.30. The topological polar surface area (TPSA) is 58.6 Å². The normalized spacial score (nSPS) is 12.7. The third-order valence-corrected chi connectivity index (χ3v) is 5.51. The van der Waals surface area contributed by atoms with E-state index in [0.717, 1.165) is 11.3 Å². The lowest BCUT2D eigenvalue weighted by molar-refractivity contribution is 0.199. The van der Waals surface area contributed by atoms with Crippen LogP contribution in [0.1, 0.15) is 31.9 Å². The molecule has 1 rings (SSSR count). The molecule has 126 valence electrons. The molecule has 0 amide bonds. The lowest BCUT2D eigenvalue weighted by Crippen LogP contribution is -2.48. The maximum Gasteiger partial charge on any atom is 0.240 e. The van der Waals surface area contributed by atoms with Crippen molar-refractivity contribution < 1.29 is 13.2 Å². The fraction of sp³-hybridized carbons (Fsp3) is 0.625. The highest BCUT2D eigenvalue weighted by molar-refractivity contribution is 7.89. The Morgan fingerprint density at radius 2 is 1.77 bits per heavy atom. The van der Waals surface area contributed by atoms with Crippen LogP contribution >= 0.6 is 0 Å². The molecule has 0 radical (unpaired) electrons. The number of rotatable bonds is 7. The highest BCUT2D eigenvalue weighted by Gasteiger charge is 2.25. The van der Waals surface area contributed by atoms with Gasteiger partial charge >= 0.3 is 0 Å².